The van der Waals surface area contributed by atoms with Crippen LogP contribution in [0.1, 0.15) is 52.9 Å². The second-order valence-electron chi connectivity index (χ2n) is 12.4. The Labute approximate surface area is 221 Å². The smallest absolute Gasteiger partial charge is 0.335 e. The van der Waals surface area contributed by atoms with E-state index in [9.17, 15) is 40.5 Å². The lowest BCUT2D eigenvalue weighted by atomic mass is 9.44. The lowest BCUT2D eigenvalue weighted by molar-refractivity contribution is -0.309. The summed E-state index contributed by atoms with van der Waals surface area (Å²) < 4.78 is 11.1. The highest BCUT2D eigenvalue weighted by Gasteiger charge is 2.62. The zero-order valence-corrected chi connectivity index (χ0v) is 22.3. The fraction of sp³-hybridized carbons (Fsp3) is 0.885. The number of hydrogen-bond donors (Lipinski definition) is 7. The van der Waals surface area contributed by atoms with E-state index < -0.39 is 60.4 Å². The van der Waals surface area contributed by atoms with E-state index in [1.54, 1.807) is 6.92 Å². The van der Waals surface area contributed by atoms with E-state index >= 15 is 0 Å². The predicted molar refractivity (Wildman–Crippen MR) is 131 cm³/mol. The van der Waals surface area contributed by atoms with Crippen LogP contribution in [0, 0.1) is 28.1 Å². The number of allylic oxidation sites excluding steroid dienone is 2. The monoisotopic (exact) mass is 548 g/mol. The molecule has 0 aromatic heterocycles. The normalized spacial score (nSPS) is 51.0. The Morgan fingerprint density at radius 2 is 1.84 bits per heavy atom. The third-order valence-corrected chi connectivity index (χ3v) is 10.4. The van der Waals surface area contributed by atoms with E-state index in [4.69, 9.17) is 21.1 Å². The average molecular weight is 549 g/mol. The fourth-order valence-corrected chi connectivity index (χ4v) is 8.08. The van der Waals surface area contributed by atoms with Gasteiger partial charge in [0.15, 0.2) is 12.4 Å². The molecule has 0 spiro atoms. The molecule has 0 aromatic carbocycles. The van der Waals surface area contributed by atoms with Crippen molar-refractivity contribution in [3.8, 4) is 0 Å². The molecule has 13 atom stereocenters. The van der Waals surface area contributed by atoms with Crippen molar-refractivity contribution in [1.29, 1.82) is 0 Å². The lowest BCUT2D eigenvalue weighted by Crippen LogP contribution is -2.64. The molecule has 0 bridgehead atoms. The predicted octanol–water partition coefficient (Wildman–Crippen LogP) is 0.386. The summed E-state index contributed by atoms with van der Waals surface area (Å²) >= 11 is 5.98. The number of rotatable bonds is 6. The van der Waals surface area contributed by atoms with Crippen LogP contribution in [0.25, 0.3) is 0 Å². The number of carbonyl (C=O) groups is 1. The minimum atomic E-state index is -1.83. The molecule has 4 aliphatic rings. The van der Waals surface area contributed by atoms with E-state index in [0.29, 0.717) is 19.3 Å². The second-order valence-corrected chi connectivity index (χ2v) is 12.7. The van der Waals surface area contributed by atoms with Gasteiger partial charge in [0, 0.05) is 11.3 Å². The van der Waals surface area contributed by atoms with Crippen molar-refractivity contribution in [1.82, 2.24) is 0 Å². The van der Waals surface area contributed by atoms with Crippen molar-refractivity contribution in [3.63, 3.8) is 0 Å². The fourth-order valence-electron chi connectivity index (χ4n) is 7.71. The molecule has 0 aromatic rings. The SMILES string of the molecule is C[C@]1(C(O)CCl)CC[C@H]2C(=CC[C@@H]3[C@]2(C)C[C@@H](O)[C@@H](O)[C@]3(C)COC2OC(C(=O)O)C(O)C(O)C2O)C1. The molecule has 3 aliphatic carbocycles. The highest BCUT2D eigenvalue weighted by Crippen LogP contribution is 2.64. The molecule has 0 radical (unpaired) electrons. The molecule has 11 heteroatoms. The van der Waals surface area contributed by atoms with Gasteiger partial charge in [-0.05, 0) is 54.8 Å². The van der Waals surface area contributed by atoms with Crippen LogP contribution >= 0.6 is 11.6 Å². The second kappa shape index (κ2) is 10.3. The molecule has 2 saturated carbocycles. The van der Waals surface area contributed by atoms with Crippen LogP contribution in [0.2, 0.25) is 0 Å². The Balaban J connectivity index is 1.58. The number of aliphatic hydroxyl groups excluding tert-OH is 6. The van der Waals surface area contributed by atoms with Crippen LogP contribution in [0.5, 0.6) is 0 Å². The Morgan fingerprint density at radius 1 is 1.16 bits per heavy atom. The molecule has 37 heavy (non-hydrogen) atoms. The third kappa shape index (κ3) is 4.76. The molecular weight excluding hydrogens is 508 g/mol. The summed E-state index contributed by atoms with van der Waals surface area (Å²) in [6.07, 6.45) is -6.02. The molecule has 3 fully saturated rings. The maximum atomic E-state index is 11.5. The number of alkyl halides is 1. The first-order chi connectivity index (χ1) is 17.2. The van der Waals surface area contributed by atoms with Gasteiger partial charge in [-0.2, -0.15) is 0 Å². The molecule has 1 heterocycles. The number of ether oxygens (including phenoxy) is 2. The van der Waals surface area contributed by atoms with Crippen molar-refractivity contribution in [3.05, 3.63) is 11.6 Å². The standard InChI is InChI=1S/C26H41ClO10/c1-24(16(29)10-27)7-6-13-12(8-24)4-5-15-25(13,2)9-14(28)21(33)26(15,3)11-36-23-19(32)17(30)18(31)20(37-23)22(34)35/h4,13-21,23,28-33H,5-11H2,1-3H3,(H,34,35)/t13-,14+,15+,16?,17?,18?,19?,20?,21+,23?,24-,25+,26+/m0/s1. The van der Waals surface area contributed by atoms with Crippen molar-refractivity contribution in [2.24, 2.45) is 28.1 Å². The minimum Gasteiger partial charge on any atom is -0.479 e. The largest absolute Gasteiger partial charge is 0.479 e. The van der Waals surface area contributed by atoms with Gasteiger partial charge in [-0.3, -0.25) is 0 Å². The highest BCUT2D eigenvalue weighted by molar-refractivity contribution is 6.18. The van der Waals surface area contributed by atoms with Crippen LogP contribution in [0.3, 0.4) is 0 Å². The van der Waals surface area contributed by atoms with Gasteiger partial charge in [0.1, 0.15) is 18.3 Å². The maximum absolute atomic E-state index is 11.5. The van der Waals surface area contributed by atoms with Crippen LogP contribution in [-0.4, -0.2) is 103 Å². The molecule has 212 valence electrons. The van der Waals surface area contributed by atoms with E-state index in [0.717, 1.165) is 12.8 Å². The van der Waals surface area contributed by atoms with Crippen molar-refractivity contribution in [2.45, 2.75) is 102 Å². The molecule has 6 unspecified atom stereocenters. The number of carboxylic acids is 1. The first-order valence-electron chi connectivity index (χ1n) is 13.0. The van der Waals surface area contributed by atoms with E-state index in [2.05, 4.69) is 13.0 Å². The molecule has 4 rings (SSSR count). The average Bonchev–Trinajstić information content (AvgIpc) is 2.84. The summed E-state index contributed by atoms with van der Waals surface area (Å²) in [7, 11) is 0. The van der Waals surface area contributed by atoms with Gasteiger partial charge in [-0.25, -0.2) is 4.79 Å². The summed E-state index contributed by atoms with van der Waals surface area (Å²) in [5.74, 6) is -1.33. The van der Waals surface area contributed by atoms with Crippen LogP contribution in [0.4, 0.5) is 0 Å². The summed E-state index contributed by atoms with van der Waals surface area (Å²) in [5, 5.41) is 72.5. The highest BCUT2D eigenvalue weighted by atomic mass is 35.5. The number of halogens is 1. The van der Waals surface area contributed by atoms with Gasteiger partial charge >= 0.3 is 5.97 Å². The first kappa shape index (κ1) is 29.2. The number of hydrogen-bond acceptors (Lipinski definition) is 9. The molecular formula is C26H41ClO10. The van der Waals surface area contributed by atoms with Crippen LogP contribution < -0.4 is 0 Å². The summed E-state index contributed by atoms with van der Waals surface area (Å²) in [6, 6.07) is 0. The van der Waals surface area contributed by atoms with Gasteiger partial charge in [0.25, 0.3) is 0 Å². The molecule has 10 nitrogen and oxygen atoms in total. The topological polar surface area (TPSA) is 177 Å². The number of aliphatic carboxylic acids is 1. The van der Waals surface area contributed by atoms with Crippen LogP contribution in [0.15, 0.2) is 11.6 Å². The van der Waals surface area contributed by atoms with Crippen molar-refractivity contribution < 1.29 is 50.0 Å². The third-order valence-electron chi connectivity index (χ3n) is 10.1. The molecule has 1 aliphatic heterocycles. The molecule has 0 amide bonds. The van der Waals surface area contributed by atoms with Crippen molar-refractivity contribution >= 4 is 17.6 Å². The number of aliphatic hydroxyl groups is 6. The summed E-state index contributed by atoms with van der Waals surface area (Å²) in [4.78, 5) is 11.5. The van der Waals surface area contributed by atoms with Gasteiger partial charge in [-0.1, -0.05) is 32.4 Å². The zero-order chi connectivity index (χ0) is 27.5. The zero-order valence-electron chi connectivity index (χ0n) is 21.5. The van der Waals surface area contributed by atoms with Gasteiger partial charge in [0.05, 0.1) is 24.9 Å². The molecule has 1 saturated heterocycles. The Morgan fingerprint density at radius 3 is 2.46 bits per heavy atom. The summed E-state index contributed by atoms with van der Waals surface area (Å²) in [5.41, 5.74) is -0.476. The molecule has 7 N–H and O–H groups in total. The number of fused-ring (bicyclic) bond motifs is 3. The van der Waals surface area contributed by atoms with E-state index in [1.807, 2.05) is 6.92 Å². The lowest BCUT2D eigenvalue weighted by Gasteiger charge is -2.62. The maximum Gasteiger partial charge on any atom is 0.335 e. The van der Waals surface area contributed by atoms with Gasteiger partial charge < -0.3 is 45.2 Å². The van der Waals surface area contributed by atoms with Crippen LogP contribution in [-0.2, 0) is 14.3 Å². The van der Waals surface area contributed by atoms with E-state index in [1.165, 1.54) is 5.57 Å². The Kier molecular flexibility index (Phi) is 8.12. The Hall–Kier alpha value is -0.820. The van der Waals surface area contributed by atoms with Gasteiger partial charge in [0.2, 0.25) is 0 Å². The number of carboxylic acid groups (broad SMARTS) is 1. The Bertz CT molecular complexity index is 901. The first-order valence-corrected chi connectivity index (χ1v) is 13.6. The van der Waals surface area contributed by atoms with Crippen molar-refractivity contribution in [2.75, 3.05) is 12.5 Å². The van der Waals surface area contributed by atoms with E-state index in [-0.39, 0.29) is 35.2 Å². The minimum absolute atomic E-state index is 0.124. The van der Waals surface area contributed by atoms with Gasteiger partial charge in [-0.15, -0.1) is 11.6 Å². The summed E-state index contributed by atoms with van der Waals surface area (Å²) in [6.45, 7) is 5.80. The quantitative estimate of drug-likeness (QED) is 0.181.